The number of nitrogens with zero attached hydrogens (tertiary/aromatic N) is 2. The van der Waals surface area contributed by atoms with E-state index in [1.54, 1.807) is 12.1 Å². The summed E-state index contributed by atoms with van der Waals surface area (Å²) in [6.07, 6.45) is -0.405. The van der Waals surface area contributed by atoms with Crippen molar-refractivity contribution in [2.45, 2.75) is 11.3 Å². The monoisotopic (exact) mass is 380 g/mol. The van der Waals surface area contributed by atoms with Crippen LogP contribution in [-0.2, 0) is 14.8 Å². The highest BCUT2D eigenvalue weighted by atomic mass is 32.2. The molecule has 0 aliphatic heterocycles. The molecule has 0 fully saturated rings. The number of ether oxygens (including phenoxy) is 1. The number of carboxylic acid groups (broad SMARTS) is 1. The number of hydrogen-bond acceptors (Lipinski definition) is 6. The molecule has 0 spiro atoms. The minimum atomic E-state index is -4.11. The van der Waals surface area contributed by atoms with Crippen LogP contribution in [0.5, 0.6) is 5.75 Å². The van der Waals surface area contributed by atoms with Crippen molar-refractivity contribution in [2.75, 3.05) is 18.0 Å². The van der Waals surface area contributed by atoms with Crippen molar-refractivity contribution in [3.63, 3.8) is 0 Å². The Bertz CT molecular complexity index is 893. The van der Waals surface area contributed by atoms with Crippen LogP contribution in [0.15, 0.2) is 53.4 Å². The van der Waals surface area contributed by atoms with Crippen molar-refractivity contribution in [3.8, 4) is 5.75 Å². The van der Waals surface area contributed by atoms with Gasteiger partial charge >= 0.3 is 5.97 Å². The number of carboxylic acids is 1. The van der Waals surface area contributed by atoms with E-state index < -0.39 is 27.3 Å². The van der Waals surface area contributed by atoms with Crippen molar-refractivity contribution in [3.05, 3.63) is 58.6 Å². The molecule has 0 unspecified atom stereocenters. The number of methoxy groups -OCH3 is 1. The fourth-order valence-electron chi connectivity index (χ4n) is 2.20. The van der Waals surface area contributed by atoms with Gasteiger partial charge in [0.05, 0.1) is 29.0 Å². The first kappa shape index (κ1) is 19.2. The van der Waals surface area contributed by atoms with E-state index in [-0.39, 0.29) is 22.8 Å². The van der Waals surface area contributed by atoms with E-state index in [0.717, 1.165) is 28.6 Å². The number of anilines is 1. The van der Waals surface area contributed by atoms with Crippen LogP contribution in [0.25, 0.3) is 0 Å². The molecule has 26 heavy (non-hydrogen) atoms. The van der Waals surface area contributed by atoms with Crippen LogP contribution < -0.4 is 9.04 Å². The molecule has 0 aromatic heterocycles. The van der Waals surface area contributed by atoms with Gasteiger partial charge in [0, 0.05) is 18.7 Å². The molecule has 2 aromatic carbocycles. The molecule has 0 heterocycles. The molecule has 0 atom stereocenters. The molecule has 0 saturated carbocycles. The Labute approximate surface area is 149 Å². The highest BCUT2D eigenvalue weighted by Gasteiger charge is 2.26. The van der Waals surface area contributed by atoms with Gasteiger partial charge in [0.15, 0.2) is 0 Å². The molecule has 0 bridgehead atoms. The summed E-state index contributed by atoms with van der Waals surface area (Å²) < 4.78 is 31.8. The number of rotatable bonds is 8. The quantitative estimate of drug-likeness (QED) is 0.550. The largest absolute Gasteiger partial charge is 0.497 e. The van der Waals surface area contributed by atoms with Gasteiger partial charge in [0.1, 0.15) is 5.75 Å². The predicted molar refractivity (Wildman–Crippen MR) is 92.9 cm³/mol. The van der Waals surface area contributed by atoms with Crippen molar-refractivity contribution in [2.24, 2.45) is 0 Å². The fraction of sp³-hybridized carbons (Fsp3) is 0.188. The molecule has 0 aliphatic rings. The van der Waals surface area contributed by atoms with Gasteiger partial charge in [-0.1, -0.05) is 0 Å². The highest BCUT2D eigenvalue weighted by Crippen LogP contribution is 2.27. The summed E-state index contributed by atoms with van der Waals surface area (Å²) in [5, 5.41) is 19.6. The number of nitro groups is 1. The summed E-state index contributed by atoms with van der Waals surface area (Å²) >= 11 is 0. The second-order valence-electron chi connectivity index (χ2n) is 5.17. The number of benzene rings is 2. The lowest BCUT2D eigenvalue weighted by atomic mass is 10.3. The number of non-ortho nitro benzene ring substituents is 1. The fourth-order valence-corrected chi connectivity index (χ4v) is 3.67. The zero-order valence-corrected chi connectivity index (χ0v) is 14.5. The number of carbonyl (C=O) groups is 1. The molecule has 0 aliphatic carbocycles. The Morgan fingerprint density at radius 1 is 1.15 bits per heavy atom. The van der Waals surface area contributed by atoms with Gasteiger partial charge in [-0.3, -0.25) is 19.2 Å². The lowest BCUT2D eigenvalue weighted by Gasteiger charge is -2.24. The van der Waals surface area contributed by atoms with E-state index in [1.807, 2.05) is 0 Å². The summed E-state index contributed by atoms with van der Waals surface area (Å²) in [5.41, 5.74) is 0.0101. The molecule has 10 heteroatoms. The second-order valence-corrected chi connectivity index (χ2v) is 7.03. The van der Waals surface area contributed by atoms with Gasteiger partial charge < -0.3 is 9.84 Å². The van der Waals surface area contributed by atoms with E-state index in [4.69, 9.17) is 9.84 Å². The molecule has 138 valence electrons. The summed E-state index contributed by atoms with van der Waals surface area (Å²) in [7, 11) is -2.64. The second kappa shape index (κ2) is 7.83. The maximum atomic E-state index is 12.9. The van der Waals surface area contributed by atoms with Crippen LogP contribution >= 0.6 is 0 Å². The van der Waals surface area contributed by atoms with Gasteiger partial charge in [-0.2, -0.15) is 0 Å². The summed E-state index contributed by atoms with van der Waals surface area (Å²) in [6.45, 7) is -0.291. The molecule has 1 N–H and O–H groups in total. The van der Waals surface area contributed by atoms with E-state index in [2.05, 4.69) is 0 Å². The maximum absolute atomic E-state index is 12.9. The van der Waals surface area contributed by atoms with Gasteiger partial charge in [-0.25, -0.2) is 8.42 Å². The van der Waals surface area contributed by atoms with Crippen LogP contribution in [0.4, 0.5) is 11.4 Å². The summed E-state index contributed by atoms with van der Waals surface area (Å²) in [4.78, 5) is 20.8. The lowest BCUT2D eigenvalue weighted by molar-refractivity contribution is -0.384. The van der Waals surface area contributed by atoms with Gasteiger partial charge in [0.25, 0.3) is 15.7 Å². The third-order valence-corrected chi connectivity index (χ3v) is 5.37. The Hall–Kier alpha value is -3.14. The number of hydrogen-bond donors (Lipinski definition) is 1. The number of aliphatic carboxylic acids is 1. The van der Waals surface area contributed by atoms with Gasteiger partial charge in [-0.05, 0) is 36.4 Å². The normalized spacial score (nSPS) is 11.0. The molecule has 9 nitrogen and oxygen atoms in total. The predicted octanol–water partition coefficient (Wildman–Crippen LogP) is 2.27. The highest BCUT2D eigenvalue weighted by molar-refractivity contribution is 7.92. The first-order valence-corrected chi connectivity index (χ1v) is 8.83. The van der Waals surface area contributed by atoms with E-state index in [1.165, 1.54) is 19.2 Å². The molecule has 2 aromatic rings. The Morgan fingerprint density at radius 3 is 2.19 bits per heavy atom. The molecule has 2 rings (SSSR count). The number of sulfonamides is 1. The average molecular weight is 380 g/mol. The van der Waals surface area contributed by atoms with Crippen molar-refractivity contribution in [1.29, 1.82) is 0 Å². The van der Waals surface area contributed by atoms with Gasteiger partial charge in [-0.15, -0.1) is 0 Å². The Balaban J connectivity index is 2.44. The van der Waals surface area contributed by atoms with Crippen molar-refractivity contribution >= 4 is 27.4 Å². The topological polar surface area (TPSA) is 127 Å². The molecular weight excluding hydrogens is 364 g/mol. The smallest absolute Gasteiger partial charge is 0.305 e. The maximum Gasteiger partial charge on any atom is 0.305 e. The van der Waals surface area contributed by atoms with Crippen molar-refractivity contribution < 1.29 is 28.0 Å². The number of nitro benzene ring substituents is 1. The first-order chi connectivity index (χ1) is 12.3. The van der Waals surface area contributed by atoms with Crippen LogP contribution in [-0.4, -0.2) is 38.1 Å². The molecule has 0 saturated heterocycles. The van der Waals surface area contributed by atoms with Gasteiger partial charge in [0.2, 0.25) is 0 Å². The Kier molecular flexibility index (Phi) is 5.78. The molecule has 0 amide bonds. The molecular formula is C16H16N2O7S. The minimum Gasteiger partial charge on any atom is -0.497 e. The summed E-state index contributed by atoms with van der Waals surface area (Å²) in [5.74, 6) is -0.637. The zero-order valence-electron chi connectivity index (χ0n) is 13.7. The van der Waals surface area contributed by atoms with Crippen LogP contribution in [0.3, 0.4) is 0 Å². The zero-order chi connectivity index (χ0) is 19.3. The van der Waals surface area contributed by atoms with E-state index >= 15 is 0 Å². The SMILES string of the molecule is COc1ccc(N(CCC(=O)O)S(=O)(=O)c2ccc([N+](=O)[O-])cc2)cc1. The Morgan fingerprint density at radius 2 is 1.73 bits per heavy atom. The third-order valence-electron chi connectivity index (χ3n) is 3.52. The van der Waals surface area contributed by atoms with E-state index in [0.29, 0.717) is 5.75 Å². The molecule has 0 radical (unpaired) electrons. The first-order valence-electron chi connectivity index (χ1n) is 7.39. The summed E-state index contributed by atoms with van der Waals surface area (Å²) in [6, 6.07) is 10.5. The standard InChI is InChI=1S/C16H16N2O7S/c1-25-14-6-2-12(3-7-14)17(11-10-16(19)20)26(23,24)15-8-4-13(5-9-15)18(21)22/h2-9H,10-11H2,1H3,(H,19,20). The minimum absolute atomic E-state index is 0.177. The van der Waals surface area contributed by atoms with Crippen LogP contribution in [0, 0.1) is 10.1 Å². The third kappa shape index (κ3) is 4.28. The van der Waals surface area contributed by atoms with Crippen LogP contribution in [0.1, 0.15) is 6.42 Å². The average Bonchev–Trinajstić information content (AvgIpc) is 2.62. The van der Waals surface area contributed by atoms with Crippen LogP contribution in [0.2, 0.25) is 0 Å². The van der Waals surface area contributed by atoms with Crippen molar-refractivity contribution in [1.82, 2.24) is 0 Å². The van der Waals surface area contributed by atoms with E-state index in [9.17, 15) is 23.3 Å². The lowest BCUT2D eigenvalue weighted by Crippen LogP contribution is -2.33.